The number of anilines is 1. The standard InChI is InChI=1S/C29H28Cl2N4O4S/c1-17-12-20(13-27-28(36)33(29(37)40-27)16-19-8-9-21(30)14-24(19)31)18(2)34(17)23-10-11-25(26(15-23)35(38)39)32-22-6-4-3-5-7-22/h8-15,22,32H,3-7,16H2,1-2H3/b27-13-. The maximum atomic E-state index is 13.2. The van der Waals surface area contributed by atoms with Crippen molar-refractivity contribution >= 4 is 63.6 Å². The van der Waals surface area contributed by atoms with E-state index in [9.17, 15) is 19.7 Å². The molecule has 0 radical (unpaired) electrons. The highest BCUT2D eigenvalue weighted by Crippen LogP contribution is 2.37. The molecule has 5 rings (SSSR count). The Bertz CT molecular complexity index is 1540. The molecule has 40 heavy (non-hydrogen) atoms. The van der Waals surface area contributed by atoms with Gasteiger partial charge in [0.05, 0.1) is 22.1 Å². The van der Waals surface area contributed by atoms with Gasteiger partial charge in [-0.15, -0.1) is 0 Å². The number of thioether (sulfide) groups is 1. The molecular weight excluding hydrogens is 571 g/mol. The Morgan fingerprint density at radius 1 is 1.07 bits per heavy atom. The van der Waals surface area contributed by atoms with Crippen LogP contribution in [0.15, 0.2) is 47.4 Å². The lowest BCUT2D eigenvalue weighted by atomic mass is 9.95. The van der Waals surface area contributed by atoms with Gasteiger partial charge in [-0.1, -0.05) is 48.5 Å². The van der Waals surface area contributed by atoms with E-state index in [-0.39, 0.29) is 28.4 Å². The molecule has 1 aromatic heterocycles. The van der Waals surface area contributed by atoms with Gasteiger partial charge in [-0.2, -0.15) is 0 Å². The van der Waals surface area contributed by atoms with E-state index in [1.165, 1.54) is 6.42 Å². The topological polar surface area (TPSA) is 97.5 Å². The first-order valence-electron chi connectivity index (χ1n) is 13.1. The monoisotopic (exact) mass is 598 g/mol. The number of carbonyl (C=O) groups excluding carboxylic acids is 2. The summed E-state index contributed by atoms with van der Waals surface area (Å²) in [6.07, 6.45) is 7.18. The normalized spacial score (nSPS) is 17.2. The van der Waals surface area contributed by atoms with Gasteiger partial charge in [0.1, 0.15) is 5.69 Å². The minimum absolute atomic E-state index is 0.0269. The van der Waals surface area contributed by atoms with Gasteiger partial charge < -0.3 is 9.88 Å². The van der Waals surface area contributed by atoms with Crippen LogP contribution < -0.4 is 5.32 Å². The van der Waals surface area contributed by atoms with Crippen molar-refractivity contribution in [3.8, 4) is 5.69 Å². The quantitative estimate of drug-likeness (QED) is 0.167. The van der Waals surface area contributed by atoms with Crippen molar-refractivity contribution in [2.45, 2.75) is 58.5 Å². The van der Waals surface area contributed by atoms with Crippen LogP contribution in [0.1, 0.15) is 54.6 Å². The van der Waals surface area contributed by atoms with Crippen molar-refractivity contribution in [2.75, 3.05) is 5.32 Å². The zero-order valence-electron chi connectivity index (χ0n) is 22.1. The van der Waals surface area contributed by atoms with Crippen LogP contribution in [0.2, 0.25) is 10.0 Å². The highest BCUT2D eigenvalue weighted by atomic mass is 35.5. The molecule has 1 saturated carbocycles. The van der Waals surface area contributed by atoms with Crippen LogP contribution >= 0.6 is 35.0 Å². The van der Waals surface area contributed by atoms with Gasteiger partial charge in [0.15, 0.2) is 0 Å². The lowest BCUT2D eigenvalue weighted by Gasteiger charge is -2.24. The molecular formula is C29H28Cl2N4O4S. The molecule has 2 heterocycles. The number of rotatable bonds is 7. The molecule has 1 N–H and O–H groups in total. The summed E-state index contributed by atoms with van der Waals surface area (Å²) in [6, 6.07) is 12.3. The van der Waals surface area contributed by atoms with E-state index in [2.05, 4.69) is 5.32 Å². The predicted molar refractivity (Wildman–Crippen MR) is 160 cm³/mol. The lowest BCUT2D eigenvalue weighted by Crippen LogP contribution is -2.27. The Morgan fingerprint density at radius 3 is 2.52 bits per heavy atom. The molecule has 8 nitrogen and oxygen atoms in total. The Labute approximate surface area is 246 Å². The first kappa shape index (κ1) is 28.3. The van der Waals surface area contributed by atoms with Crippen LogP contribution in [0, 0.1) is 24.0 Å². The number of hydrogen-bond donors (Lipinski definition) is 1. The number of nitro groups is 1. The summed E-state index contributed by atoms with van der Waals surface area (Å²) < 4.78 is 1.92. The van der Waals surface area contributed by atoms with Crippen LogP contribution in [-0.4, -0.2) is 31.6 Å². The number of aromatic nitrogens is 1. The van der Waals surface area contributed by atoms with E-state index in [4.69, 9.17) is 23.2 Å². The number of aryl methyl sites for hydroxylation is 1. The second kappa shape index (κ2) is 11.7. The molecule has 0 bridgehead atoms. The van der Waals surface area contributed by atoms with Crippen molar-refractivity contribution in [3.05, 3.63) is 90.0 Å². The Balaban J connectivity index is 1.41. The summed E-state index contributed by atoms with van der Waals surface area (Å²) >= 11 is 13.1. The van der Waals surface area contributed by atoms with E-state index in [1.54, 1.807) is 36.4 Å². The van der Waals surface area contributed by atoms with Crippen molar-refractivity contribution in [1.82, 2.24) is 9.47 Å². The Hall–Kier alpha value is -3.27. The SMILES string of the molecule is Cc1cc(/C=C2\SC(=O)N(Cc3ccc(Cl)cc3Cl)C2=O)c(C)n1-c1ccc(NC2CCCCC2)c([N+](=O)[O-])c1. The molecule has 2 amide bonds. The van der Waals surface area contributed by atoms with Crippen LogP contribution in [0.5, 0.6) is 0 Å². The molecule has 2 aliphatic rings. The van der Waals surface area contributed by atoms with E-state index < -0.39 is 5.91 Å². The van der Waals surface area contributed by atoms with Crippen LogP contribution in [0.25, 0.3) is 11.8 Å². The number of hydrogen-bond acceptors (Lipinski definition) is 6. The van der Waals surface area contributed by atoms with Crippen LogP contribution in [-0.2, 0) is 11.3 Å². The molecule has 0 spiro atoms. The average Bonchev–Trinajstić information content (AvgIpc) is 3.34. The first-order chi connectivity index (χ1) is 19.1. The fourth-order valence-corrected chi connectivity index (χ4v) is 6.63. The van der Waals surface area contributed by atoms with Crippen molar-refractivity contribution in [3.63, 3.8) is 0 Å². The summed E-state index contributed by atoms with van der Waals surface area (Å²) in [5, 5.41) is 15.8. The summed E-state index contributed by atoms with van der Waals surface area (Å²) in [5.41, 5.74) is 4.22. The average molecular weight is 600 g/mol. The number of nitrogens with one attached hydrogen (secondary N) is 1. The van der Waals surface area contributed by atoms with E-state index in [0.717, 1.165) is 59.3 Å². The van der Waals surface area contributed by atoms with Gasteiger partial charge in [0, 0.05) is 33.5 Å². The van der Waals surface area contributed by atoms with Gasteiger partial charge in [-0.05, 0) is 86.0 Å². The number of nitrogens with zero attached hydrogens (tertiary/aromatic N) is 3. The summed E-state index contributed by atoms with van der Waals surface area (Å²) in [6.45, 7) is 3.83. The van der Waals surface area contributed by atoms with Crippen LogP contribution in [0.3, 0.4) is 0 Å². The minimum Gasteiger partial charge on any atom is -0.377 e. The van der Waals surface area contributed by atoms with Gasteiger partial charge >= 0.3 is 0 Å². The molecule has 3 aromatic rings. The van der Waals surface area contributed by atoms with Crippen molar-refractivity contribution in [1.29, 1.82) is 0 Å². The van der Waals surface area contributed by atoms with Gasteiger partial charge in [0.25, 0.3) is 16.8 Å². The third-order valence-electron chi connectivity index (χ3n) is 7.38. The van der Waals surface area contributed by atoms with E-state index in [1.807, 2.05) is 30.5 Å². The third-order valence-corrected chi connectivity index (χ3v) is 8.87. The molecule has 1 aliphatic carbocycles. The van der Waals surface area contributed by atoms with Crippen molar-refractivity contribution in [2.24, 2.45) is 0 Å². The molecule has 208 valence electrons. The number of halogens is 2. The number of nitro benzene ring substituents is 1. The van der Waals surface area contributed by atoms with E-state index in [0.29, 0.717) is 31.9 Å². The zero-order chi connectivity index (χ0) is 28.6. The van der Waals surface area contributed by atoms with Gasteiger partial charge in [-0.25, -0.2) is 0 Å². The second-order valence-corrected chi connectivity index (χ2v) is 11.9. The smallest absolute Gasteiger partial charge is 0.294 e. The van der Waals surface area contributed by atoms with E-state index >= 15 is 0 Å². The maximum absolute atomic E-state index is 13.2. The predicted octanol–water partition coefficient (Wildman–Crippen LogP) is 8.29. The van der Waals surface area contributed by atoms with Gasteiger partial charge in [0.2, 0.25) is 0 Å². The summed E-state index contributed by atoms with van der Waals surface area (Å²) in [7, 11) is 0. The Morgan fingerprint density at radius 2 is 1.82 bits per heavy atom. The third kappa shape index (κ3) is 5.77. The van der Waals surface area contributed by atoms with Gasteiger partial charge in [-0.3, -0.25) is 24.6 Å². The molecule has 1 saturated heterocycles. The fourth-order valence-electron chi connectivity index (χ4n) is 5.33. The molecule has 2 fully saturated rings. The molecule has 0 atom stereocenters. The summed E-state index contributed by atoms with van der Waals surface area (Å²) in [4.78, 5) is 38.9. The first-order valence-corrected chi connectivity index (χ1v) is 14.6. The maximum Gasteiger partial charge on any atom is 0.294 e. The van der Waals surface area contributed by atoms with Crippen molar-refractivity contribution < 1.29 is 14.5 Å². The number of amides is 2. The molecule has 0 unspecified atom stereocenters. The Kier molecular flexibility index (Phi) is 8.26. The number of imide groups is 1. The summed E-state index contributed by atoms with van der Waals surface area (Å²) in [5.74, 6) is -0.403. The molecule has 2 aromatic carbocycles. The molecule has 11 heteroatoms. The second-order valence-electron chi connectivity index (χ2n) is 10.1. The largest absolute Gasteiger partial charge is 0.377 e. The minimum atomic E-state index is -0.403. The zero-order valence-corrected chi connectivity index (χ0v) is 24.4. The lowest BCUT2D eigenvalue weighted by molar-refractivity contribution is -0.384. The number of benzene rings is 2. The fraction of sp³-hybridized carbons (Fsp3) is 0.310. The molecule has 1 aliphatic heterocycles. The highest BCUT2D eigenvalue weighted by Gasteiger charge is 2.35. The number of carbonyl (C=O) groups is 2. The van der Waals surface area contributed by atoms with Crippen LogP contribution in [0.4, 0.5) is 16.2 Å². The highest BCUT2D eigenvalue weighted by molar-refractivity contribution is 8.18.